The third-order valence-electron chi connectivity index (χ3n) is 6.61. The summed E-state index contributed by atoms with van der Waals surface area (Å²) in [5.74, 6) is -5.43. The number of hydrogen-bond donors (Lipinski definition) is 1. The van der Waals surface area contributed by atoms with Crippen molar-refractivity contribution in [2.24, 2.45) is 0 Å². The zero-order valence-electron chi connectivity index (χ0n) is 19.2. The van der Waals surface area contributed by atoms with Gasteiger partial charge in [0.05, 0.1) is 22.7 Å². The standard InChI is InChI=1S/C25H20F6N4O2/c1-13(26)23(37)34-11-17(12-34)35-21-18(20(33-35)14-5-7-15(8-6-14)25(29,30)31)3-2-4-19(21)22(36)32-16-9-24(27,28)10-16/h2-8,16-17H,1,9-12H2,(H,32,36). The largest absolute Gasteiger partial charge is 0.416 e. The Morgan fingerprint density at radius 1 is 1.05 bits per heavy atom. The van der Waals surface area contributed by atoms with E-state index in [0.29, 0.717) is 22.2 Å². The maximum absolute atomic E-state index is 13.3. The average Bonchev–Trinajstić information content (AvgIpc) is 3.15. The van der Waals surface area contributed by atoms with E-state index in [0.717, 1.165) is 12.1 Å². The summed E-state index contributed by atoms with van der Waals surface area (Å²) in [7, 11) is 0. The Morgan fingerprint density at radius 2 is 1.70 bits per heavy atom. The lowest BCUT2D eigenvalue weighted by atomic mass is 9.88. The molecule has 0 atom stereocenters. The molecule has 1 N–H and O–H groups in total. The van der Waals surface area contributed by atoms with Gasteiger partial charge in [0.25, 0.3) is 17.7 Å². The van der Waals surface area contributed by atoms with Crippen LogP contribution in [0, 0.1) is 0 Å². The predicted molar refractivity (Wildman–Crippen MR) is 121 cm³/mol. The number of amides is 2. The highest BCUT2D eigenvalue weighted by molar-refractivity contribution is 6.09. The van der Waals surface area contributed by atoms with Crippen LogP contribution in [0.3, 0.4) is 0 Å². The first-order valence-electron chi connectivity index (χ1n) is 11.4. The number of alkyl halides is 5. The molecule has 37 heavy (non-hydrogen) atoms. The van der Waals surface area contributed by atoms with Gasteiger partial charge in [-0.25, -0.2) is 13.2 Å². The number of benzene rings is 2. The molecule has 1 aromatic heterocycles. The molecule has 1 saturated carbocycles. The van der Waals surface area contributed by atoms with Gasteiger partial charge in [-0.05, 0) is 18.2 Å². The summed E-state index contributed by atoms with van der Waals surface area (Å²) in [6, 6.07) is 7.92. The minimum Gasteiger partial charge on any atom is -0.349 e. The molecule has 0 bridgehead atoms. The highest BCUT2D eigenvalue weighted by atomic mass is 19.4. The first-order valence-corrected chi connectivity index (χ1v) is 11.4. The Morgan fingerprint density at radius 3 is 2.27 bits per heavy atom. The maximum atomic E-state index is 13.3. The number of fused-ring (bicyclic) bond motifs is 1. The fourth-order valence-electron chi connectivity index (χ4n) is 4.64. The summed E-state index contributed by atoms with van der Waals surface area (Å²) in [5, 5.41) is 7.61. The molecule has 1 saturated heterocycles. The predicted octanol–water partition coefficient (Wildman–Crippen LogP) is 5.12. The summed E-state index contributed by atoms with van der Waals surface area (Å²) in [6.07, 6.45) is -5.47. The molecule has 2 fully saturated rings. The van der Waals surface area contributed by atoms with Crippen molar-refractivity contribution in [2.45, 2.75) is 37.0 Å². The molecule has 194 valence electrons. The molecule has 5 rings (SSSR count). The number of hydrogen-bond acceptors (Lipinski definition) is 3. The van der Waals surface area contributed by atoms with Crippen molar-refractivity contribution in [2.75, 3.05) is 13.1 Å². The number of para-hydroxylation sites is 1. The number of carbonyl (C=O) groups is 2. The molecule has 2 aromatic carbocycles. The van der Waals surface area contributed by atoms with E-state index in [-0.39, 0.29) is 18.7 Å². The van der Waals surface area contributed by atoms with Crippen LogP contribution in [0.2, 0.25) is 0 Å². The lowest BCUT2D eigenvalue weighted by Gasteiger charge is -2.39. The van der Waals surface area contributed by atoms with Gasteiger partial charge in [-0.3, -0.25) is 14.3 Å². The first-order chi connectivity index (χ1) is 17.3. The van der Waals surface area contributed by atoms with E-state index < -0.39 is 60.2 Å². The van der Waals surface area contributed by atoms with Crippen LogP contribution in [0.15, 0.2) is 54.9 Å². The van der Waals surface area contributed by atoms with Crippen LogP contribution in [0.4, 0.5) is 26.3 Å². The summed E-state index contributed by atoms with van der Waals surface area (Å²) < 4.78 is 80.4. The molecule has 6 nitrogen and oxygen atoms in total. The van der Waals surface area contributed by atoms with Crippen molar-refractivity contribution in [3.63, 3.8) is 0 Å². The van der Waals surface area contributed by atoms with Crippen molar-refractivity contribution >= 4 is 22.7 Å². The van der Waals surface area contributed by atoms with Gasteiger partial charge in [-0.15, -0.1) is 0 Å². The number of aromatic nitrogens is 2. The highest BCUT2D eigenvalue weighted by Gasteiger charge is 2.46. The Hall–Kier alpha value is -3.83. The average molecular weight is 522 g/mol. The normalized spacial score (nSPS) is 17.8. The molecule has 0 spiro atoms. The smallest absolute Gasteiger partial charge is 0.349 e. The molecule has 1 aliphatic carbocycles. The maximum Gasteiger partial charge on any atom is 0.416 e. The number of likely N-dealkylation sites (tertiary alicyclic amines) is 1. The number of rotatable bonds is 5. The summed E-state index contributed by atoms with van der Waals surface area (Å²) >= 11 is 0. The highest BCUT2D eigenvalue weighted by Crippen LogP contribution is 2.39. The number of halogens is 6. The summed E-state index contributed by atoms with van der Waals surface area (Å²) in [6.45, 7) is 3.13. The van der Waals surface area contributed by atoms with Crippen LogP contribution in [0.1, 0.15) is 34.8 Å². The second kappa shape index (κ2) is 8.63. The number of nitrogens with one attached hydrogen (secondary N) is 1. The van der Waals surface area contributed by atoms with Crippen molar-refractivity contribution < 1.29 is 35.9 Å². The first kappa shape index (κ1) is 24.8. The van der Waals surface area contributed by atoms with Crippen LogP contribution in [0.5, 0.6) is 0 Å². The molecule has 2 amide bonds. The van der Waals surface area contributed by atoms with Crippen molar-refractivity contribution in [3.8, 4) is 11.3 Å². The van der Waals surface area contributed by atoms with E-state index in [2.05, 4.69) is 17.0 Å². The van der Waals surface area contributed by atoms with E-state index in [1.54, 1.807) is 12.1 Å². The van der Waals surface area contributed by atoms with Crippen LogP contribution < -0.4 is 5.32 Å². The molecular formula is C25H20F6N4O2. The van der Waals surface area contributed by atoms with Crippen LogP contribution in [-0.2, 0) is 11.0 Å². The molecule has 3 aromatic rings. The monoisotopic (exact) mass is 522 g/mol. The third kappa shape index (κ3) is 4.56. The van der Waals surface area contributed by atoms with Crippen molar-refractivity contribution in [1.82, 2.24) is 20.0 Å². The Kier molecular flexibility index (Phi) is 5.80. The van der Waals surface area contributed by atoms with Crippen LogP contribution >= 0.6 is 0 Å². The zero-order chi connectivity index (χ0) is 26.7. The molecule has 0 radical (unpaired) electrons. The molecular weight excluding hydrogens is 502 g/mol. The zero-order valence-corrected chi connectivity index (χ0v) is 19.2. The lowest BCUT2D eigenvalue weighted by Crippen LogP contribution is -2.51. The van der Waals surface area contributed by atoms with Gasteiger partial charge in [-0.1, -0.05) is 30.8 Å². The molecule has 12 heteroatoms. The molecule has 0 unspecified atom stereocenters. The Balaban J connectivity index is 1.54. The van der Waals surface area contributed by atoms with Gasteiger partial charge in [-0.2, -0.15) is 18.3 Å². The van der Waals surface area contributed by atoms with Gasteiger partial charge in [0, 0.05) is 42.9 Å². The topological polar surface area (TPSA) is 67.2 Å². The quantitative estimate of drug-likeness (QED) is 0.374. The van der Waals surface area contributed by atoms with Crippen LogP contribution in [0.25, 0.3) is 22.2 Å². The van der Waals surface area contributed by atoms with E-state index >= 15 is 0 Å². The second-order valence-corrected chi connectivity index (χ2v) is 9.27. The number of carbonyl (C=O) groups excluding carboxylic acids is 2. The molecule has 2 heterocycles. The van der Waals surface area contributed by atoms with E-state index in [9.17, 15) is 35.9 Å². The van der Waals surface area contributed by atoms with Gasteiger partial charge >= 0.3 is 6.18 Å². The fourth-order valence-corrected chi connectivity index (χ4v) is 4.64. The SMILES string of the molecule is C=C(F)C(=O)N1CC(n2nc(-c3ccc(C(F)(F)F)cc3)c3cccc(C(=O)NC4CC(F)(F)C4)c32)C1. The minimum absolute atomic E-state index is 0.0653. The lowest BCUT2D eigenvalue weighted by molar-refractivity contribution is -0.137. The van der Waals surface area contributed by atoms with Crippen LogP contribution in [-0.4, -0.2) is 51.5 Å². The Labute approximate surface area is 206 Å². The minimum atomic E-state index is -4.52. The van der Waals surface area contributed by atoms with Gasteiger partial charge in [0.2, 0.25) is 0 Å². The van der Waals surface area contributed by atoms with Crippen molar-refractivity contribution in [1.29, 1.82) is 0 Å². The fraction of sp³-hybridized carbons (Fsp3) is 0.320. The molecule has 2 aliphatic rings. The van der Waals surface area contributed by atoms with Gasteiger partial charge < -0.3 is 10.2 Å². The molecule has 1 aliphatic heterocycles. The van der Waals surface area contributed by atoms with E-state index in [4.69, 9.17) is 0 Å². The third-order valence-corrected chi connectivity index (χ3v) is 6.61. The van der Waals surface area contributed by atoms with E-state index in [1.807, 2.05) is 0 Å². The van der Waals surface area contributed by atoms with Crippen molar-refractivity contribution in [3.05, 3.63) is 66.0 Å². The summed E-state index contributed by atoms with van der Waals surface area (Å²) in [5.41, 5.74) is 0.290. The van der Waals surface area contributed by atoms with E-state index in [1.165, 1.54) is 27.8 Å². The van der Waals surface area contributed by atoms with Gasteiger partial charge in [0.15, 0.2) is 5.83 Å². The number of nitrogens with zero attached hydrogens (tertiary/aromatic N) is 3. The summed E-state index contributed by atoms with van der Waals surface area (Å²) in [4.78, 5) is 26.2. The second-order valence-electron chi connectivity index (χ2n) is 9.27. The van der Waals surface area contributed by atoms with Gasteiger partial charge in [0.1, 0.15) is 5.69 Å². The Bertz CT molecular complexity index is 1400.